The summed E-state index contributed by atoms with van der Waals surface area (Å²) in [5.74, 6) is 2.31. The van der Waals surface area contributed by atoms with Gasteiger partial charge in [-0.3, -0.25) is 9.59 Å². The lowest BCUT2D eigenvalue weighted by Crippen LogP contribution is -2.36. The van der Waals surface area contributed by atoms with E-state index < -0.39 is 5.92 Å². The second-order valence-electron chi connectivity index (χ2n) is 8.32. The lowest BCUT2D eigenvalue weighted by atomic mass is 9.70. The molecular formula is C21H25N3O3S. The molecule has 148 valence electrons. The Bertz CT molecular complexity index is 1030. The van der Waals surface area contributed by atoms with Crippen molar-refractivity contribution in [2.45, 2.75) is 58.0 Å². The zero-order chi connectivity index (χ0) is 20.1. The average molecular weight is 400 g/mol. The molecule has 0 radical (unpaired) electrons. The van der Waals surface area contributed by atoms with E-state index in [0.717, 1.165) is 30.1 Å². The van der Waals surface area contributed by atoms with Gasteiger partial charge in [-0.05, 0) is 37.3 Å². The van der Waals surface area contributed by atoms with Crippen molar-refractivity contribution in [2.75, 3.05) is 11.1 Å². The number of rotatable bonds is 4. The topological polar surface area (TPSA) is 88.0 Å². The van der Waals surface area contributed by atoms with E-state index in [0.29, 0.717) is 34.3 Å². The number of aromatic nitrogens is 2. The van der Waals surface area contributed by atoms with E-state index >= 15 is 0 Å². The number of aromatic amines is 1. The number of furan rings is 1. The van der Waals surface area contributed by atoms with E-state index in [4.69, 9.17) is 4.42 Å². The molecule has 28 heavy (non-hydrogen) atoms. The summed E-state index contributed by atoms with van der Waals surface area (Å²) in [6, 6.07) is 3.72. The van der Waals surface area contributed by atoms with Crippen LogP contribution in [0.15, 0.2) is 37.8 Å². The van der Waals surface area contributed by atoms with Crippen LogP contribution in [-0.4, -0.2) is 21.5 Å². The summed E-state index contributed by atoms with van der Waals surface area (Å²) in [6.07, 6.45) is 2.18. The Labute approximate surface area is 168 Å². The molecule has 0 unspecified atom stereocenters. The van der Waals surface area contributed by atoms with Crippen molar-refractivity contribution >= 4 is 23.4 Å². The highest BCUT2D eigenvalue weighted by Gasteiger charge is 2.43. The number of nitrogens with one attached hydrogen (secondary N) is 2. The van der Waals surface area contributed by atoms with Gasteiger partial charge in [0.15, 0.2) is 10.9 Å². The number of ketones is 1. The maximum atomic E-state index is 13.1. The molecule has 0 bridgehead atoms. The van der Waals surface area contributed by atoms with Gasteiger partial charge in [0.2, 0.25) is 0 Å². The van der Waals surface area contributed by atoms with Crippen LogP contribution >= 0.6 is 11.8 Å². The third kappa shape index (κ3) is 3.32. The van der Waals surface area contributed by atoms with Crippen LogP contribution in [0.4, 0.5) is 5.82 Å². The number of H-pyrrole nitrogens is 1. The van der Waals surface area contributed by atoms with Gasteiger partial charge in [0.1, 0.15) is 17.3 Å². The minimum Gasteiger partial charge on any atom is -0.465 e. The first-order valence-corrected chi connectivity index (χ1v) is 10.6. The average Bonchev–Trinajstić information content (AvgIpc) is 3.03. The van der Waals surface area contributed by atoms with E-state index in [9.17, 15) is 9.59 Å². The Morgan fingerprint density at radius 3 is 2.75 bits per heavy atom. The molecule has 1 atom stereocenters. The minimum atomic E-state index is -0.523. The molecule has 1 aliphatic heterocycles. The second kappa shape index (κ2) is 6.95. The van der Waals surface area contributed by atoms with Crippen molar-refractivity contribution in [2.24, 2.45) is 5.41 Å². The lowest BCUT2D eigenvalue weighted by Gasteiger charge is -2.37. The molecule has 2 aliphatic rings. The van der Waals surface area contributed by atoms with Gasteiger partial charge >= 0.3 is 0 Å². The number of hydrogen-bond donors (Lipinski definition) is 2. The largest absolute Gasteiger partial charge is 0.465 e. The zero-order valence-corrected chi connectivity index (χ0v) is 17.5. The van der Waals surface area contributed by atoms with Gasteiger partial charge in [0, 0.05) is 23.4 Å². The Hall–Kier alpha value is -2.28. The number of nitrogens with zero attached hydrogens (tertiary/aromatic N) is 1. The number of thioether (sulfide) groups is 1. The summed E-state index contributed by atoms with van der Waals surface area (Å²) in [6.45, 7) is 8.13. The SMILES string of the molecule is CCCSc1nc2c(c(=O)[nH]1)[C@H](c1ccc(C)o1)C1=C(CC(C)(C)CC1=O)N2. The van der Waals surface area contributed by atoms with Crippen LogP contribution in [0.25, 0.3) is 0 Å². The highest BCUT2D eigenvalue weighted by molar-refractivity contribution is 7.99. The highest BCUT2D eigenvalue weighted by atomic mass is 32.2. The fourth-order valence-electron chi connectivity index (χ4n) is 4.05. The predicted octanol–water partition coefficient (Wildman–Crippen LogP) is 4.37. The Kier molecular flexibility index (Phi) is 4.73. The van der Waals surface area contributed by atoms with Crippen molar-refractivity contribution < 1.29 is 9.21 Å². The second-order valence-corrected chi connectivity index (χ2v) is 9.41. The van der Waals surface area contributed by atoms with Crippen molar-refractivity contribution in [1.29, 1.82) is 0 Å². The molecule has 7 heteroatoms. The quantitative estimate of drug-likeness (QED) is 0.586. The summed E-state index contributed by atoms with van der Waals surface area (Å²) in [5.41, 5.74) is 1.60. The first-order valence-electron chi connectivity index (χ1n) is 9.65. The number of hydrogen-bond acceptors (Lipinski definition) is 6. The monoisotopic (exact) mass is 399 g/mol. The van der Waals surface area contributed by atoms with Crippen LogP contribution in [0.5, 0.6) is 0 Å². The maximum absolute atomic E-state index is 13.1. The molecule has 3 heterocycles. The number of allylic oxidation sites excluding steroid dienone is 2. The highest BCUT2D eigenvalue weighted by Crippen LogP contribution is 2.47. The molecule has 0 fully saturated rings. The molecule has 2 aromatic rings. The van der Waals surface area contributed by atoms with E-state index in [1.807, 2.05) is 19.1 Å². The molecule has 4 rings (SSSR count). The van der Waals surface area contributed by atoms with E-state index in [1.54, 1.807) is 0 Å². The molecule has 0 amide bonds. The van der Waals surface area contributed by atoms with Gasteiger partial charge in [0.25, 0.3) is 5.56 Å². The van der Waals surface area contributed by atoms with E-state index in [1.165, 1.54) is 11.8 Å². The van der Waals surface area contributed by atoms with Crippen LogP contribution in [0.3, 0.4) is 0 Å². The van der Waals surface area contributed by atoms with E-state index in [-0.39, 0.29) is 16.8 Å². The van der Waals surface area contributed by atoms with E-state index in [2.05, 4.69) is 36.1 Å². The summed E-state index contributed by atoms with van der Waals surface area (Å²) in [5, 5.41) is 3.92. The smallest absolute Gasteiger partial charge is 0.257 e. The Balaban J connectivity index is 1.90. The molecule has 0 saturated carbocycles. The molecule has 0 spiro atoms. The van der Waals surface area contributed by atoms with Gasteiger partial charge < -0.3 is 14.7 Å². The summed E-state index contributed by atoms with van der Waals surface area (Å²) in [4.78, 5) is 33.7. The number of carbonyl (C=O) groups excluding carboxylic acids is 1. The van der Waals surface area contributed by atoms with Crippen molar-refractivity contribution in [3.05, 3.63) is 50.8 Å². The number of fused-ring (bicyclic) bond motifs is 1. The third-order valence-corrected chi connectivity index (χ3v) is 6.27. The Morgan fingerprint density at radius 1 is 1.29 bits per heavy atom. The number of Topliss-reactive ketones (excluding diaryl/α,β-unsaturated/α-hetero) is 1. The number of anilines is 1. The summed E-state index contributed by atoms with van der Waals surface area (Å²) < 4.78 is 5.88. The van der Waals surface area contributed by atoms with Crippen LogP contribution in [0, 0.1) is 12.3 Å². The molecule has 6 nitrogen and oxygen atoms in total. The normalized spacial score (nSPS) is 20.6. The molecule has 0 saturated heterocycles. The lowest BCUT2D eigenvalue weighted by molar-refractivity contribution is -0.118. The molecule has 2 N–H and O–H groups in total. The van der Waals surface area contributed by atoms with Gasteiger partial charge in [-0.1, -0.05) is 32.5 Å². The van der Waals surface area contributed by atoms with Crippen LogP contribution in [-0.2, 0) is 4.79 Å². The fourth-order valence-corrected chi connectivity index (χ4v) is 4.77. The predicted molar refractivity (Wildman–Crippen MR) is 110 cm³/mol. The molecule has 1 aliphatic carbocycles. The standard InChI is InChI=1S/C21H25N3O3S/c1-5-8-28-20-23-18-17(19(26)24-20)16(14-7-6-11(2)27-14)15-12(22-18)9-21(3,4)10-13(15)25/h6-7,16H,5,8-10H2,1-4H3,(H2,22,23,24,26)/t16-/m1/s1. The van der Waals surface area contributed by atoms with Crippen molar-refractivity contribution in [3.63, 3.8) is 0 Å². The van der Waals surface area contributed by atoms with Gasteiger partial charge in [-0.2, -0.15) is 0 Å². The third-order valence-electron chi connectivity index (χ3n) is 5.19. The van der Waals surface area contributed by atoms with Crippen molar-refractivity contribution in [3.8, 4) is 0 Å². The zero-order valence-electron chi connectivity index (χ0n) is 16.6. The maximum Gasteiger partial charge on any atom is 0.257 e. The van der Waals surface area contributed by atoms with Crippen LogP contribution in [0.2, 0.25) is 0 Å². The van der Waals surface area contributed by atoms with Crippen molar-refractivity contribution in [1.82, 2.24) is 9.97 Å². The summed E-state index contributed by atoms with van der Waals surface area (Å²) in [7, 11) is 0. The van der Waals surface area contributed by atoms with Gasteiger partial charge in [-0.25, -0.2) is 4.98 Å². The fraction of sp³-hybridized carbons (Fsp3) is 0.476. The first kappa shape index (κ1) is 19.1. The first-order chi connectivity index (χ1) is 13.3. The number of carbonyl (C=O) groups is 1. The van der Waals surface area contributed by atoms with Crippen LogP contribution in [0.1, 0.15) is 63.0 Å². The van der Waals surface area contributed by atoms with Crippen LogP contribution < -0.4 is 10.9 Å². The molecule has 0 aromatic carbocycles. The number of aryl methyl sites for hydroxylation is 1. The minimum absolute atomic E-state index is 0.0623. The van der Waals surface area contributed by atoms with Gasteiger partial charge in [-0.15, -0.1) is 0 Å². The summed E-state index contributed by atoms with van der Waals surface area (Å²) >= 11 is 1.53. The van der Waals surface area contributed by atoms with Gasteiger partial charge in [0.05, 0.1) is 11.5 Å². The molecular weight excluding hydrogens is 374 g/mol. The Morgan fingerprint density at radius 2 is 2.07 bits per heavy atom. The molecule has 2 aromatic heterocycles.